The molecule has 1 atom stereocenters. The molecule has 1 saturated heterocycles. The van der Waals surface area contributed by atoms with E-state index in [2.05, 4.69) is 20.8 Å². The maximum atomic E-state index is 13.6. The predicted octanol–water partition coefficient (Wildman–Crippen LogP) is 5.28. The number of hydrogen-bond donors (Lipinski definition) is 1. The highest BCUT2D eigenvalue weighted by molar-refractivity contribution is 6.46. The summed E-state index contributed by atoms with van der Waals surface area (Å²) < 4.78 is 19.2. The standard InChI is InChI=1S/C27H32FNO4/c1-16(2)33-14-13-29-23(18-8-11-20(28)12-9-18)22(25(31)26(29)32)24(30)21-15-19(27(4,5)6)10-7-17(21)3/h7-12,15-16,23,30H,13-14H2,1-6H3/b24-22+. The normalized spacial score (nSPS) is 18.4. The van der Waals surface area contributed by atoms with Crippen LogP contribution >= 0.6 is 0 Å². The molecule has 1 aliphatic rings. The van der Waals surface area contributed by atoms with Crippen LogP contribution in [0, 0.1) is 12.7 Å². The van der Waals surface area contributed by atoms with Gasteiger partial charge in [-0.15, -0.1) is 0 Å². The highest BCUT2D eigenvalue weighted by Gasteiger charge is 2.46. The summed E-state index contributed by atoms with van der Waals surface area (Å²) in [5.41, 5.74) is 2.67. The van der Waals surface area contributed by atoms with Gasteiger partial charge in [-0.25, -0.2) is 4.39 Å². The Kier molecular flexibility index (Phi) is 7.08. The van der Waals surface area contributed by atoms with Crippen LogP contribution in [0.1, 0.15) is 62.9 Å². The van der Waals surface area contributed by atoms with Crippen molar-refractivity contribution in [2.45, 2.75) is 59.1 Å². The van der Waals surface area contributed by atoms with E-state index in [4.69, 9.17) is 4.74 Å². The lowest BCUT2D eigenvalue weighted by molar-refractivity contribution is -0.140. The number of ether oxygens (including phenoxy) is 1. The topological polar surface area (TPSA) is 66.8 Å². The van der Waals surface area contributed by atoms with Crippen LogP contribution in [0.25, 0.3) is 5.76 Å². The van der Waals surface area contributed by atoms with Crippen molar-refractivity contribution in [2.24, 2.45) is 0 Å². The molecule has 2 aromatic carbocycles. The maximum absolute atomic E-state index is 13.6. The first kappa shape index (κ1) is 24.6. The van der Waals surface area contributed by atoms with Gasteiger partial charge in [-0.2, -0.15) is 0 Å². The van der Waals surface area contributed by atoms with Gasteiger partial charge >= 0.3 is 0 Å². The number of ketones is 1. The number of carbonyl (C=O) groups excluding carboxylic acids is 2. The number of amides is 1. The molecule has 0 aromatic heterocycles. The molecule has 33 heavy (non-hydrogen) atoms. The van der Waals surface area contributed by atoms with Crippen LogP contribution < -0.4 is 0 Å². The first-order valence-corrected chi connectivity index (χ1v) is 11.2. The number of Topliss-reactive ketones (excluding diaryl/α,β-unsaturated/α-hetero) is 1. The molecule has 0 radical (unpaired) electrons. The maximum Gasteiger partial charge on any atom is 0.295 e. The van der Waals surface area contributed by atoms with Gasteiger partial charge in [0.1, 0.15) is 11.6 Å². The van der Waals surface area contributed by atoms with Crippen LogP contribution in [-0.4, -0.2) is 41.0 Å². The average molecular weight is 454 g/mol. The zero-order valence-corrected chi connectivity index (χ0v) is 20.1. The van der Waals surface area contributed by atoms with Gasteiger partial charge in [-0.05, 0) is 61.1 Å². The van der Waals surface area contributed by atoms with Crippen molar-refractivity contribution in [3.8, 4) is 0 Å². The summed E-state index contributed by atoms with van der Waals surface area (Å²) in [5.74, 6) is -2.11. The number of benzene rings is 2. The monoisotopic (exact) mass is 453 g/mol. The number of carbonyl (C=O) groups is 2. The molecule has 0 spiro atoms. The number of hydrogen-bond acceptors (Lipinski definition) is 4. The van der Waals surface area contributed by atoms with E-state index < -0.39 is 23.5 Å². The smallest absolute Gasteiger partial charge is 0.295 e. The van der Waals surface area contributed by atoms with E-state index in [1.54, 1.807) is 0 Å². The molecule has 1 amide bonds. The van der Waals surface area contributed by atoms with Gasteiger partial charge in [-0.3, -0.25) is 9.59 Å². The van der Waals surface area contributed by atoms with E-state index in [0.717, 1.165) is 11.1 Å². The number of aliphatic hydroxyl groups excluding tert-OH is 1. The van der Waals surface area contributed by atoms with Gasteiger partial charge in [0.15, 0.2) is 0 Å². The lowest BCUT2D eigenvalue weighted by Crippen LogP contribution is -2.33. The van der Waals surface area contributed by atoms with Crippen molar-refractivity contribution in [1.82, 2.24) is 4.90 Å². The summed E-state index contributed by atoms with van der Waals surface area (Å²) in [6.45, 7) is 12.2. The molecule has 5 nitrogen and oxygen atoms in total. The highest BCUT2D eigenvalue weighted by Crippen LogP contribution is 2.40. The minimum Gasteiger partial charge on any atom is -0.507 e. The molecule has 1 unspecified atom stereocenters. The van der Waals surface area contributed by atoms with Crippen molar-refractivity contribution in [3.05, 3.63) is 76.1 Å². The molecule has 1 aliphatic heterocycles. The van der Waals surface area contributed by atoms with Crippen molar-refractivity contribution < 1.29 is 23.8 Å². The summed E-state index contributed by atoms with van der Waals surface area (Å²) in [5, 5.41) is 11.4. The average Bonchev–Trinajstić information content (AvgIpc) is 2.98. The molecule has 1 fully saturated rings. The Bertz CT molecular complexity index is 1080. The quantitative estimate of drug-likeness (QED) is 0.367. The van der Waals surface area contributed by atoms with E-state index in [1.807, 2.05) is 39.0 Å². The number of aryl methyl sites for hydroxylation is 1. The Labute approximate surface area is 194 Å². The summed E-state index contributed by atoms with van der Waals surface area (Å²) in [6, 6.07) is 10.6. The predicted molar refractivity (Wildman–Crippen MR) is 126 cm³/mol. The Morgan fingerprint density at radius 1 is 1.12 bits per heavy atom. The molecular weight excluding hydrogens is 421 g/mol. The molecule has 3 rings (SSSR count). The second-order valence-corrected chi connectivity index (χ2v) is 9.74. The van der Waals surface area contributed by atoms with E-state index >= 15 is 0 Å². The molecule has 6 heteroatoms. The molecule has 176 valence electrons. The lowest BCUT2D eigenvalue weighted by atomic mass is 9.84. The van der Waals surface area contributed by atoms with Gasteiger partial charge in [0.05, 0.1) is 24.3 Å². The second-order valence-electron chi connectivity index (χ2n) is 9.74. The van der Waals surface area contributed by atoms with E-state index in [0.29, 0.717) is 11.1 Å². The molecule has 0 aliphatic carbocycles. The SMILES string of the molecule is Cc1ccc(C(C)(C)C)cc1/C(O)=C1\C(=O)C(=O)N(CCOC(C)C)C1c1ccc(F)cc1. The third kappa shape index (κ3) is 5.17. The third-order valence-corrected chi connectivity index (χ3v) is 5.87. The summed E-state index contributed by atoms with van der Waals surface area (Å²) in [4.78, 5) is 27.5. The van der Waals surface area contributed by atoms with Crippen molar-refractivity contribution >= 4 is 17.4 Å². The fourth-order valence-corrected chi connectivity index (χ4v) is 3.98. The first-order chi connectivity index (χ1) is 15.4. The van der Waals surface area contributed by atoms with Crippen LogP contribution in [0.4, 0.5) is 4.39 Å². The summed E-state index contributed by atoms with van der Waals surface area (Å²) in [7, 11) is 0. The zero-order chi connectivity index (χ0) is 24.5. The van der Waals surface area contributed by atoms with Crippen molar-refractivity contribution in [3.63, 3.8) is 0 Å². The molecular formula is C27H32FNO4. The van der Waals surface area contributed by atoms with Gasteiger partial charge < -0.3 is 14.7 Å². The first-order valence-electron chi connectivity index (χ1n) is 11.2. The number of halogens is 1. The van der Waals surface area contributed by atoms with Crippen LogP contribution in [0.5, 0.6) is 0 Å². The highest BCUT2D eigenvalue weighted by atomic mass is 19.1. The van der Waals surface area contributed by atoms with Crippen molar-refractivity contribution in [2.75, 3.05) is 13.2 Å². The number of rotatable bonds is 6. The number of likely N-dealkylation sites (tertiary alicyclic amines) is 1. The van der Waals surface area contributed by atoms with Crippen LogP contribution in [-0.2, 0) is 19.7 Å². The van der Waals surface area contributed by atoms with E-state index in [-0.39, 0.29) is 36.0 Å². The van der Waals surface area contributed by atoms with Crippen molar-refractivity contribution in [1.29, 1.82) is 0 Å². The Hall–Kier alpha value is -2.99. The zero-order valence-electron chi connectivity index (χ0n) is 20.1. The molecule has 2 aromatic rings. The lowest BCUT2D eigenvalue weighted by Gasteiger charge is -2.26. The summed E-state index contributed by atoms with van der Waals surface area (Å²) >= 11 is 0. The van der Waals surface area contributed by atoms with Crippen LogP contribution in [0.2, 0.25) is 0 Å². The second kappa shape index (κ2) is 9.48. The Morgan fingerprint density at radius 3 is 2.33 bits per heavy atom. The Morgan fingerprint density at radius 2 is 1.76 bits per heavy atom. The minimum atomic E-state index is -0.834. The van der Waals surface area contributed by atoms with Gasteiger partial charge in [-0.1, -0.05) is 45.0 Å². The minimum absolute atomic E-state index is 0.00492. The number of aliphatic hydroxyl groups is 1. The van der Waals surface area contributed by atoms with Crippen LogP contribution in [0.15, 0.2) is 48.0 Å². The van der Waals surface area contributed by atoms with Crippen LogP contribution in [0.3, 0.4) is 0 Å². The third-order valence-electron chi connectivity index (χ3n) is 5.87. The number of nitrogens with zero attached hydrogens (tertiary/aromatic N) is 1. The van der Waals surface area contributed by atoms with Gasteiger partial charge in [0.25, 0.3) is 11.7 Å². The van der Waals surface area contributed by atoms with Gasteiger partial charge in [0.2, 0.25) is 0 Å². The van der Waals surface area contributed by atoms with E-state index in [9.17, 15) is 19.1 Å². The fraction of sp³-hybridized carbons (Fsp3) is 0.407. The Balaban J connectivity index is 2.17. The largest absolute Gasteiger partial charge is 0.507 e. The fourth-order valence-electron chi connectivity index (χ4n) is 3.98. The molecule has 0 saturated carbocycles. The molecule has 0 bridgehead atoms. The molecule has 1 N–H and O–H groups in total. The molecule has 1 heterocycles. The van der Waals surface area contributed by atoms with Gasteiger partial charge in [0, 0.05) is 12.1 Å². The van der Waals surface area contributed by atoms with E-state index in [1.165, 1.54) is 29.2 Å². The summed E-state index contributed by atoms with van der Waals surface area (Å²) in [6.07, 6.45) is -0.0334.